The topological polar surface area (TPSA) is 237 Å². The Morgan fingerprint density at radius 1 is 0.274 bits per heavy atom. The number of unbranched alkanes of at least 4 members (excludes halogenated alkanes) is 26. The number of carbonyl (C=O) groups excluding carboxylic acids is 4. The third kappa shape index (κ3) is 77.1. The second-order valence-corrected chi connectivity index (χ2v) is 29.8. The van der Waals surface area contributed by atoms with Crippen molar-refractivity contribution in [2.45, 2.75) is 341 Å². The van der Waals surface area contributed by atoms with E-state index in [1.807, 2.05) is 0 Å². The molecule has 0 aliphatic heterocycles. The van der Waals surface area contributed by atoms with Gasteiger partial charge < -0.3 is 33.8 Å². The van der Waals surface area contributed by atoms with Crippen LogP contribution >= 0.6 is 15.6 Å². The molecule has 106 heavy (non-hydrogen) atoms. The van der Waals surface area contributed by atoms with E-state index in [0.717, 1.165) is 180 Å². The molecule has 0 aromatic heterocycles. The third-order valence-corrected chi connectivity index (χ3v) is 18.7. The monoisotopic (exact) mass is 1530 g/mol. The average molecular weight is 1530 g/mol. The second-order valence-electron chi connectivity index (χ2n) is 26.9. The van der Waals surface area contributed by atoms with Crippen LogP contribution in [-0.2, 0) is 65.4 Å². The number of aliphatic hydroxyl groups excluding tert-OH is 1. The molecule has 5 atom stereocenters. The van der Waals surface area contributed by atoms with E-state index in [1.165, 1.54) is 64.2 Å². The van der Waals surface area contributed by atoms with Gasteiger partial charge in [-0.25, -0.2) is 9.13 Å². The maximum atomic E-state index is 13.1. The quantitative estimate of drug-likeness (QED) is 0.0169. The lowest BCUT2D eigenvalue weighted by atomic mass is 10.0. The Morgan fingerprint density at radius 2 is 0.491 bits per heavy atom. The van der Waals surface area contributed by atoms with Crippen LogP contribution in [0.5, 0.6) is 0 Å². The Bertz CT molecular complexity index is 2580. The number of hydrogen-bond acceptors (Lipinski definition) is 15. The molecule has 0 heterocycles. The highest BCUT2D eigenvalue weighted by Gasteiger charge is 2.30. The molecule has 0 aliphatic carbocycles. The molecule has 0 spiro atoms. The number of allylic oxidation sites excluding steroid dienone is 24. The maximum absolute atomic E-state index is 13.1. The normalized spacial score (nSPS) is 14.6. The maximum Gasteiger partial charge on any atom is 0.472 e. The van der Waals surface area contributed by atoms with Crippen LogP contribution in [-0.4, -0.2) is 96.7 Å². The van der Waals surface area contributed by atoms with Gasteiger partial charge in [0, 0.05) is 25.7 Å². The zero-order chi connectivity index (χ0) is 77.4. The van der Waals surface area contributed by atoms with Crippen molar-refractivity contribution in [2.75, 3.05) is 39.6 Å². The predicted molar refractivity (Wildman–Crippen MR) is 436 cm³/mol. The van der Waals surface area contributed by atoms with E-state index in [2.05, 4.69) is 174 Å². The molecule has 606 valence electrons. The molecule has 0 aromatic rings. The molecule has 0 fully saturated rings. The summed E-state index contributed by atoms with van der Waals surface area (Å²) in [7, 11) is -9.99. The fourth-order valence-electron chi connectivity index (χ4n) is 10.7. The lowest BCUT2D eigenvalue weighted by Gasteiger charge is -2.21. The van der Waals surface area contributed by atoms with Crippen LogP contribution in [0.15, 0.2) is 146 Å². The summed E-state index contributed by atoms with van der Waals surface area (Å²) in [6.07, 6.45) is 89.6. The molecule has 0 aromatic carbocycles. The number of phosphoric acid groups is 2. The van der Waals surface area contributed by atoms with Crippen molar-refractivity contribution in [3.05, 3.63) is 146 Å². The Morgan fingerprint density at radius 3 is 0.774 bits per heavy atom. The minimum absolute atomic E-state index is 0.0588. The van der Waals surface area contributed by atoms with Gasteiger partial charge in [0.25, 0.3) is 0 Å². The Labute approximate surface area is 643 Å². The van der Waals surface area contributed by atoms with Crippen molar-refractivity contribution < 1.29 is 80.2 Å². The number of hydrogen-bond donors (Lipinski definition) is 3. The van der Waals surface area contributed by atoms with Crippen molar-refractivity contribution >= 4 is 39.5 Å². The van der Waals surface area contributed by atoms with Crippen LogP contribution in [0.4, 0.5) is 0 Å². The largest absolute Gasteiger partial charge is 0.472 e. The zero-order valence-electron chi connectivity index (χ0n) is 66.3. The second kappa shape index (κ2) is 78.1. The summed E-state index contributed by atoms with van der Waals surface area (Å²) < 4.78 is 68.7. The smallest absolute Gasteiger partial charge is 0.462 e. The summed E-state index contributed by atoms with van der Waals surface area (Å²) in [6, 6.07) is 0. The standard InChI is InChI=1S/C87H146O17P2/c1-5-9-13-17-21-25-29-33-37-39-40-42-45-48-52-56-60-64-68-72-85(90)98-78-83(104-87(92)74-70-66-62-58-54-50-46-41-38-34-30-26-22-18-14-10-6-2)80-102-106(95,96)100-76-81(88)75-99-105(93,94)101-79-82(103-86(91)73-69-65-61-57-53-49-44-36-32-28-24-20-16-12-8-4)77-97-84(89)71-67-63-59-55-51-47-43-35-31-27-23-19-15-11-7-3/h9-11,13-15,21-23,25-27,33-35,37-38,40,42-43,46,50-51,55,81-83,88H,5-8,12,16-20,24,28-32,36,39,41,44-45,47-49,52-54,56-80H2,1-4H3,(H,93,94)(H,95,96)/b13-9-,14-10-,15-11-,25-21-,26-22-,27-23-,37-33-,38-34-,42-40-,43-35-,50-46-,55-51-. The summed E-state index contributed by atoms with van der Waals surface area (Å²) in [4.78, 5) is 73.1. The van der Waals surface area contributed by atoms with E-state index in [-0.39, 0.29) is 25.7 Å². The summed E-state index contributed by atoms with van der Waals surface area (Å²) in [5, 5.41) is 10.7. The molecule has 19 heteroatoms. The first-order chi connectivity index (χ1) is 51.7. The summed E-state index contributed by atoms with van der Waals surface area (Å²) in [5.41, 5.74) is 0. The number of ether oxygens (including phenoxy) is 4. The van der Waals surface area contributed by atoms with Crippen molar-refractivity contribution in [1.29, 1.82) is 0 Å². The van der Waals surface area contributed by atoms with Crippen LogP contribution in [0.3, 0.4) is 0 Å². The molecule has 0 radical (unpaired) electrons. The lowest BCUT2D eigenvalue weighted by Crippen LogP contribution is -2.30. The zero-order valence-corrected chi connectivity index (χ0v) is 68.1. The molecule has 0 rings (SSSR count). The van der Waals surface area contributed by atoms with Crippen LogP contribution in [0.25, 0.3) is 0 Å². The SMILES string of the molecule is CC/C=C\C/C=C\C/C=C\C/C=C\CCCCCCCCC(=O)OCC(COP(=O)(O)OCC(O)COP(=O)(O)OCC(COC(=O)CCCC/C=C\C/C=C\C/C=C\C/C=C\CC)OC(=O)CCCCCCCCCCCCCCCCC)OC(=O)CCCCCC/C=C\C/C=C\C/C=C\C/C=C\CC. The van der Waals surface area contributed by atoms with Crippen LogP contribution in [0, 0.1) is 0 Å². The minimum atomic E-state index is -5.00. The molecular weight excluding hydrogens is 1380 g/mol. The van der Waals surface area contributed by atoms with Crippen molar-refractivity contribution in [3.63, 3.8) is 0 Å². The summed E-state index contributed by atoms with van der Waals surface area (Å²) >= 11 is 0. The van der Waals surface area contributed by atoms with Crippen LogP contribution < -0.4 is 0 Å². The highest BCUT2D eigenvalue weighted by molar-refractivity contribution is 7.47. The molecule has 0 amide bonds. The van der Waals surface area contributed by atoms with E-state index in [1.54, 1.807) is 0 Å². The van der Waals surface area contributed by atoms with Gasteiger partial charge in [0.05, 0.1) is 26.4 Å². The average Bonchev–Trinajstić information content (AvgIpc) is 0.902. The fourth-order valence-corrected chi connectivity index (χ4v) is 12.2. The third-order valence-electron chi connectivity index (χ3n) is 16.8. The number of aliphatic hydroxyl groups is 1. The van der Waals surface area contributed by atoms with Gasteiger partial charge in [-0.2, -0.15) is 0 Å². The van der Waals surface area contributed by atoms with Gasteiger partial charge in [0.2, 0.25) is 0 Å². The van der Waals surface area contributed by atoms with E-state index in [9.17, 15) is 43.2 Å². The van der Waals surface area contributed by atoms with Gasteiger partial charge >= 0.3 is 39.5 Å². The van der Waals surface area contributed by atoms with Gasteiger partial charge in [-0.1, -0.05) is 302 Å². The molecule has 0 saturated carbocycles. The number of rotatable bonds is 76. The van der Waals surface area contributed by atoms with Gasteiger partial charge in [-0.3, -0.25) is 37.3 Å². The van der Waals surface area contributed by atoms with Crippen molar-refractivity contribution in [1.82, 2.24) is 0 Å². The van der Waals surface area contributed by atoms with Crippen LogP contribution in [0.1, 0.15) is 323 Å². The van der Waals surface area contributed by atoms with Gasteiger partial charge in [0.1, 0.15) is 19.3 Å². The highest BCUT2D eigenvalue weighted by Crippen LogP contribution is 2.45. The number of carbonyl (C=O) groups is 4. The fraction of sp³-hybridized carbons (Fsp3) is 0.678. The molecule has 0 bridgehead atoms. The first-order valence-electron chi connectivity index (χ1n) is 41.1. The van der Waals surface area contributed by atoms with E-state index >= 15 is 0 Å². The van der Waals surface area contributed by atoms with Crippen molar-refractivity contribution in [2.24, 2.45) is 0 Å². The summed E-state index contributed by atoms with van der Waals surface area (Å²) in [5.74, 6) is -2.26. The van der Waals surface area contributed by atoms with Crippen molar-refractivity contribution in [3.8, 4) is 0 Å². The van der Waals surface area contributed by atoms with Gasteiger partial charge in [-0.05, 0) is 141 Å². The van der Waals surface area contributed by atoms with Gasteiger partial charge in [0.15, 0.2) is 12.2 Å². The summed E-state index contributed by atoms with van der Waals surface area (Å²) in [6.45, 7) is 4.47. The van der Waals surface area contributed by atoms with E-state index in [4.69, 9.17) is 37.0 Å². The Balaban J connectivity index is 5.43. The van der Waals surface area contributed by atoms with E-state index < -0.39 is 97.5 Å². The lowest BCUT2D eigenvalue weighted by molar-refractivity contribution is -0.161. The van der Waals surface area contributed by atoms with Crippen LogP contribution in [0.2, 0.25) is 0 Å². The molecule has 0 saturated heterocycles. The first kappa shape index (κ1) is 101. The number of esters is 4. The minimum Gasteiger partial charge on any atom is -0.462 e. The molecule has 3 N–H and O–H groups in total. The Hall–Kier alpha value is -5.06. The van der Waals surface area contributed by atoms with E-state index in [0.29, 0.717) is 25.7 Å². The Kier molecular flexibility index (Phi) is 74.3. The molecule has 0 aliphatic rings. The number of phosphoric ester groups is 2. The highest BCUT2D eigenvalue weighted by atomic mass is 31.2. The predicted octanol–water partition coefficient (Wildman–Crippen LogP) is 24.2. The first-order valence-corrected chi connectivity index (χ1v) is 44.1. The molecule has 5 unspecified atom stereocenters. The van der Waals surface area contributed by atoms with Gasteiger partial charge in [-0.15, -0.1) is 0 Å². The molecular formula is C87H146O17P2. The molecule has 17 nitrogen and oxygen atoms in total.